The molecule has 0 saturated heterocycles. The number of aryl methyl sites for hydroxylation is 1. The number of nitrogens with zero attached hydrogens (tertiary/aromatic N) is 1. The minimum absolute atomic E-state index is 0.267. The zero-order valence-electron chi connectivity index (χ0n) is 41.6. The smallest absolute Gasteiger partial charge is 0.0465 e. The number of hydrogen-bond acceptors (Lipinski definition) is 1. The Morgan fingerprint density at radius 1 is 0.529 bits per heavy atom. The van der Waals surface area contributed by atoms with Crippen molar-refractivity contribution in [1.82, 2.24) is 0 Å². The minimum atomic E-state index is -0.267. The maximum absolute atomic E-state index is 4.07. The van der Waals surface area contributed by atoms with Crippen LogP contribution in [0.2, 0.25) is 0 Å². The average molecular weight is 884 g/mol. The van der Waals surface area contributed by atoms with Crippen molar-refractivity contribution in [1.29, 1.82) is 0 Å². The predicted molar refractivity (Wildman–Crippen MR) is 301 cm³/mol. The molecule has 8 aromatic rings. The van der Waals surface area contributed by atoms with E-state index in [1.54, 1.807) is 0 Å². The summed E-state index contributed by atoms with van der Waals surface area (Å²) in [7, 11) is 0. The van der Waals surface area contributed by atoms with Crippen LogP contribution in [-0.2, 0) is 11.8 Å². The lowest BCUT2D eigenvalue weighted by atomic mass is 9.80. The van der Waals surface area contributed by atoms with Crippen LogP contribution in [0.1, 0.15) is 99.9 Å². The molecule has 1 nitrogen and oxygen atoms in total. The van der Waals surface area contributed by atoms with Crippen molar-refractivity contribution in [3.05, 3.63) is 240 Å². The van der Waals surface area contributed by atoms with E-state index >= 15 is 0 Å². The molecule has 0 heterocycles. The van der Waals surface area contributed by atoms with E-state index in [4.69, 9.17) is 0 Å². The van der Waals surface area contributed by atoms with Crippen molar-refractivity contribution >= 4 is 45.6 Å². The van der Waals surface area contributed by atoms with Crippen molar-refractivity contribution < 1.29 is 0 Å². The van der Waals surface area contributed by atoms with Gasteiger partial charge in [-0.25, -0.2) is 0 Å². The van der Waals surface area contributed by atoms with Gasteiger partial charge in [-0.05, 0) is 187 Å². The van der Waals surface area contributed by atoms with Crippen molar-refractivity contribution in [3.8, 4) is 44.5 Å². The highest BCUT2D eigenvalue weighted by Crippen LogP contribution is 2.55. The molecule has 68 heavy (non-hydrogen) atoms. The fraction of sp³-hybridized carbons (Fsp3) is 0.164. The third kappa shape index (κ3) is 8.32. The van der Waals surface area contributed by atoms with Gasteiger partial charge < -0.3 is 4.90 Å². The molecule has 0 amide bonds. The van der Waals surface area contributed by atoms with Crippen molar-refractivity contribution in [2.45, 2.75) is 74.1 Å². The Hall–Kier alpha value is -7.48. The second-order valence-corrected chi connectivity index (χ2v) is 18.1. The van der Waals surface area contributed by atoms with E-state index in [0.29, 0.717) is 0 Å². The number of fused-ring (bicyclic) bond motifs is 8. The summed E-state index contributed by atoms with van der Waals surface area (Å²) in [5.74, 6) is 0. The zero-order chi connectivity index (χ0) is 48.3. The Bertz CT molecular complexity index is 3300. The molecular formula is C67H65N. The van der Waals surface area contributed by atoms with Crippen LogP contribution in [0.3, 0.4) is 0 Å². The first-order chi connectivity index (χ1) is 33.1. The summed E-state index contributed by atoms with van der Waals surface area (Å²) in [5.41, 5.74) is 25.9. The molecule has 0 aliphatic heterocycles. The number of allylic oxidation sites excluding steroid dienone is 5. The van der Waals surface area contributed by atoms with Crippen LogP contribution in [0.25, 0.3) is 73.0 Å². The zero-order valence-corrected chi connectivity index (χ0v) is 41.6. The minimum Gasteiger partial charge on any atom is -0.310 e. The summed E-state index contributed by atoms with van der Waals surface area (Å²) in [6.07, 6.45) is 10.8. The van der Waals surface area contributed by atoms with Gasteiger partial charge in [0.1, 0.15) is 0 Å². The number of hydrogen-bond donors (Lipinski definition) is 0. The predicted octanol–water partition coefficient (Wildman–Crippen LogP) is 19.7. The van der Waals surface area contributed by atoms with E-state index in [-0.39, 0.29) is 5.41 Å². The van der Waals surface area contributed by atoms with E-state index in [2.05, 4.69) is 217 Å². The second-order valence-electron chi connectivity index (χ2n) is 18.1. The van der Waals surface area contributed by atoms with Gasteiger partial charge in [0, 0.05) is 22.5 Å². The molecule has 2 aliphatic rings. The van der Waals surface area contributed by atoms with Gasteiger partial charge in [-0.15, -0.1) is 0 Å². The molecule has 0 atom stereocenters. The fourth-order valence-electron chi connectivity index (χ4n) is 10.4. The Labute approximate surface area is 406 Å². The van der Waals surface area contributed by atoms with Gasteiger partial charge in [-0.3, -0.25) is 0 Å². The van der Waals surface area contributed by atoms with Gasteiger partial charge in [0.25, 0.3) is 0 Å². The molecule has 0 aromatic heterocycles. The van der Waals surface area contributed by atoms with Crippen LogP contribution in [0, 0.1) is 6.92 Å². The Morgan fingerprint density at radius 2 is 1.16 bits per heavy atom. The highest BCUT2D eigenvalue weighted by atomic mass is 15.1. The van der Waals surface area contributed by atoms with Gasteiger partial charge in [0.15, 0.2) is 0 Å². The lowest BCUT2D eigenvalue weighted by molar-refractivity contribution is 0.661. The van der Waals surface area contributed by atoms with E-state index < -0.39 is 0 Å². The normalized spacial score (nSPS) is 12.4. The number of anilines is 3. The maximum Gasteiger partial charge on any atom is 0.0465 e. The monoisotopic (exact) mass is 884 g/mol. The van der Waals surface area contributed by atoms with E-state index in [9.17, 15) is 0 Å². The molecular weight excluding hydrogens is 819 g/mol. The molecule has 0 radical (unpaired) electrons. The third-order valence-corrected chi connectivity index (χ3v) is 13.7. The van der Waals surface area contributed by atoms with Crippen molar-refractivity contribution in [2.75, 3.05) is 4.90 Å². The second kappa shape index (κ2) is 19.8. The van der Waals surface area contributed by atoms with Gasteiger partial charge in [-0.2, -0.15) is 0 Å². The average Bonchev–Trinajstić information content (AvgIpc) is 3.86. The summed E-state index contributed by atoms with van der Waals surface area (Å²) >= 11 is 0. The highest BCUT2D eigenvalue weighted by molar-refractivity contribution is 6.09. The topological polar surface area (TPSA) is 3.24 Å². The number of benzene rings is 8. The molecule has 338 valence electrons. The first-order valence-electron chi connectivity index (χ1n) is 24.4. The SMILES string of the molecule is C=C/C=C\C(=C(C)C)c1ccc(N(c2ccc3c(c2)Cc2ccccc2-3)c2ccc3c(c2)C(C)(C)c2cc(-c4cccc(-c5ccc(C=C)c(C=C)c5)c4)c4ccccc4c2-3)cc1C.CC.CC. The summed E-state index contributed by atoms with van der Waals surface area (Å²) in [6.45, 7) is 31.4. The van der Waals surface area contributed by atoms with E-state index in [1.807, 2.05) is 52.0 Å². The summed E-state index contributed by atoms with van der Waals surface area (Å²) in [5, 5.41) is 2.54. The summed E-state index contributed by atoms with van der Waals surface area (Å²) in [4.78, 5) is 2.47. The quantitative estimate of drug-likeness (QED) is 0.124. The largest absolute Gasteiger partial charge is 0.310 e. The molecule has 0 spiro atoms. The summed E-state index contributed by atoms with van der Waals surface area (Å²) < 4.78 is 0. The van der Waals surface area contributed by atoms with Gasteiger partial charge >= 0.3 is 0 Å². The Morgan fingerprint density at radius 3 is 1.88 bits per heavy atom. The Balaban J connectivity index is 0.00000152. The standard InChI is InChI=1S/C63H53N.2C2H6/c1-9-12-21-52(40(4)5)53-30-27-49(33-41(53)6)64(50-28-31-55-48(37-50)36-46-18-13-14-22-54(46)55)51-29-32-58-60(38-51)63(7,8)61-39-59(56-23-15-16-24-57(56)62(58)61)47-20-17-19-44(35-47)45-26-25-42(10-2)43(11-3)34-45;2*1-2/h9-35,37-39H,1-3,36H2,4-8H3;2*1-2H3/b21-12-;;. The molecule has 0 saturated carbocycles. The van der Waals surface area contributed by atoms with Gasteiger partial charge in [0.05, 0.1) is 0 Å². The van der Waals surface area contributed by atoms with Crippen LogP contribution in [0.4, 0.5) is 17.1 Å². The van der Waals surface area contributed by atoms with Crippen LogP contribution in [0.5, 0.6) is 0 Å². The molecule has 0 unspecified atom stereocenters. The van der Waals surface area contributed by atoms with Crippen LogP contribution >= 0.6 is 0 Å². The van der Waals surface area contributed by atoms with Crippen LogP contribution in [0.15, 0.2) is 195 Å². The fourth-order valence-corrected chi connectivity index (χ4v) is 10.4. The van der Waals surface area contributed by atoms with Crippen molar-refractivity contribution in [2.24, 2.45) is 0 Å². The molecule has 0 fully saturated rings. The Kier molecular flexibility index (Phi) is 13.7. The van der Waals surface area contributed by atoms with Crippen molar-refractivity contribution in [3.63, 3.8) is 0 Å². The number of rotatable bonds is 10. The van der Waals surface area contributed by atoms with Crippen LogP contribution < -0.4 is 4.90 Å². The maximum atomic E-state index is 4.07. The molecule has 8 aromatic carbocycles. The summed E-state index contributed by atoms with van der Waals surface area (Å²) in [6, 6.07) is 57.0. The first-order valence-corrected chi connectivity index (χ1v) is 24.4. The molecule has 2 aliphatic carbocycles. The lowest BCUT2D eigenvalue weighted by Crippen LogP contribution is -2.17. The first kappa shape index (κ1) is 47.0. The van der Waals surface area contributed by atoms with Crippen LogP contribution in [-0.4, -0.2) is 0 Å². The highest BCUT2D eigenvalue weighted by Gasteiger charge is 2.38. The molecule has 0 N–H and O–H groups in total. The molecule has 1 heteroatoms. The van der Waals surface area contributed by atoms with Gasteiger partial charge in [-0.1, -0.05) is 194 Å². The molecule has 10 rings (SSSR count). The third-order valence-electron chi connectivity index (χ3n) is 13.7. The van der Waals surface area contributed by atoms with Gasteiger partial charge in [0.2, 0.25) is 0 Å². The lowest BCUT2D eigenvalue weighted by Gasteiger charge is -2.29. The molecule has 0 bridgehead atoms. The van der Waals surface area contributed by atoms with E-state index in [0.717, 1.165) is 40.2 Å². The van der Waals surface area contributed by atoms with E-state index in [1.165, 1.54) is 94.2 Å².